The van der Waals surface area contributed by atoms with Crippen LogP contribution in [0.25, 0.3) is 0 Å². The van der Waals surface area contributed by atoms with Crippen molar-refractivity contribution in [1.82, 2.24) is 0 Å². The highest BCUT2D eigenvalue weighted by molar-refractivity contribution is 7.61. The molecule has 0 aromatic carbocycles. The molecule has 6 N–H and O–H groups in total. The molecule has 13 heteroatoms. The molecule has 0 aromatic rings. The molecule has 2 aliphatic carbocycles. The first-order valence-corrected chi connectivity index (χ1v) is 13.3. The van der Waals surface area contributed by atoms with Crippen LogP contribution >= 0.6 is 15.6 Å². The number of phosphoric ester groups is 1. The van der Waals surface area contributed by atoms with E-state index in [4.69, 9.17) is 39.3 Å². The second kappa shape index (κ2) is 13.6. The van der Waals surface area contributed by atoms with Gasteiger partial charge in [0.1, 0.15) is 0 Å². The molecular formula is C17H36O11P2. The van der Waals surface area contributed by atoms with Gasteiger partial charge in [-0.15, -0.1) is 0 Å². The van der Waals surface area contributed by atoms with Crippen LogP contribution in [0.3, 0.4) is 0 Å². The van der Waals surface area contributed by atoms with Gasteiger partial charge in [-0.1, -0.05) is 38.5 Å². The Morgan fingerprint density at radius 1 is 0.667 bits per heavy atom. The van der Waals surface area contributed by atoms with Crippen molar-refractivity contribution in [1.29, 1.82) is 0 Å². The first kappa shape index (κ1) is 28.1. The SMILES string of the molecule is O=P(O)(O)OP(=O)(OC1CCCCC1)OC1CCCCC1.OCC(CO)(CO)CO. The molecule has 0 aliphatic heterocycles. The molecule has 0 aromatic heterocycles. The Kier molecular flexibility index (Phi) is 12.8. The van der Waals surface area contributed by atoms with Gasteiger partial charge in [0.15, 0.2) is 0 Å². The van der Waals surface area contributed by atoms with Gasteiger partial charge < -0.3 is 30.2 Å². The molecule has 2 aliphatic rings. The lowest BCUT2D eigenvalue weighted by molar-refractivity contribution is -0.0328. The second-order valence-electron chi connectivity index (χ2n) is 7.88. The zero-order valence-electron chi connectivity index (χ0n) is 17.2. The van der Waals surface area contributed by atoms with E-state index in [2.05, 4.69) is 4.31 Å². The van der Waals surface area contributed by atoms with E-state index in [-0.39, 0.29) is 12.2 Å². The molecule has 2 fully saturated rings. The Morgan fingerprint density at radius 2 is 1.00 bits per heavy atom. The van der Waals surface area contributed by atoms with Gasteiger partial charge in [-0.2, -0.15) is 4.31 Å². The van der Waals surface area contributed by atoms with Crippen LogP contribution in [0, 0.1) is 5.41 Å². The van der Waals surface area contributed by atoms with Crippen molar-refractivity contribution in [2.24, 2.45) is 5.41 Å². The van der Waals surface area contributed by atoms with Crippen molar-refractivity contribution < 1.29 is 52.7 Å². The molecule has 0 bridgehead atoms. The lowest BCUT2D eigenvalue weighted by Gasteiger charge is -2.30. The van der Waals surface area contributed by atoms with Gasteiger partial charge >= 0.3 is 15.6 Å². The Hall–Kier alpha value is 0.1000. The standard InChI is InChI=1S/C12H24O7P2.C5H12O4/c13-20(14,15)19-21(16,17-11-7-3-1-4-8-11)18-12-9-5-2-6-10-12;6-1-5(2-7,3-8)4-9/h11-12H,1-10H2,(H2,13,14,15);6-9H,1-4H2. The third-order valence-electron chi connectivity index (χ3n) is 5.21. The van der Waals surface area contributed by atoms with E-state index < -0.39 is 47.5 Å². The Morgan fingerprint density at radius 3 is 1.23 bits per heavy atom. The Labute approximate surface area is 177 Å². The van der Waals surface area contributed by atoms with E-state index in [9.17, 15) is 9.13 Å². The Balaban J connectivity index is 0.000000424. The van der Waals surface area contributed by atoms with Crippen molar-refractivity contribution in [2.45, 2.75) is 76.4 Å². The molecule has 0 radical (unpaired) electrons. The fraction of sp³-hybridized carbons (Fsp3) is 1.00. The van der Waals surface area contributed by atoms with Crippen LogP contribution in [0.15, 0.2) is 0 Å². The van der Waals surface area contributed by atoms with E-state index in [1.165, 1.54) is 0 Å². The van der Waals surface area contributed by atoms with Crippen LogP contribution in [0.5, 0.6) is 0 Å². The Bertz CT molecular complexity index is 510. The number of rotatable bonds is 10. The predicted molar refractivity (Wildman–Crippen MR) is 107 cm³/mol. The first-order valence-electron chi connectivity index (χ1n) is 10.3. The summed E-state index contributed by atoms with van der Waals surface area (Å²) in [5.74, 6) is 0. The molecule has 180 valence electrons. The summed E-state index contributed by atoms with van der Waals surface area (Å²) in [6, 6.07) is 0. The normalized spacial score (nSPS) is 19.9. The summed E-state index contributed by atoms with van der Waals surface area (Å²) in [4.78, 5) is 17.9. The van der Waals surface area contributed by atoms with Crippen molar-refractivity contribution in [3.05, 3.63) is 0 Å². The van der Waals surface area contributed by atoms with Gasteiger partial charge in [-0.3, -0.25) is 9.05 Å². The maximum absolute atomic E-state index is 12.6. The summed E-state index contributed by atoms with van der Waals surface area (Å²) in [5, 5.41) is 34.0. The second-order valence-corrected chi connectivity index (χ2v) is 10.8. The highest BCUT2D eigenvalue weighted by Crippen LogP contribution is 2.63. The number of aliphatic hydroxyl groups excluding tert-OH is 4. The lowest BCUT2D eigenvalue weighted by atomic mass is 9.93. The predicted octanol–water partition coefficient (Wildman–Crippen LogP) is 1.84. The third-order valence-corrected chi connectivity index (χ3v) is 7.97. The lowest BCUT2D eigenvalue weighted by Crippen LogP contribution is -2.37. The number of hydrogen-bond donors (Lipinski definition) is 6. The van der Waals surface area contributed by atoms with Crippen molar-refractivity contribution >= 4 is 15.6 Å². The quantitative estimate of drug-likeness (QED) is 0.252. The van der Waals surface area contributed by atoms with Crippen molar-refractivity contribution in [2.75, 3.05) is 26.4 Å². The van der Waals surface area contributed by atoms with Crippen LogP contribution in [0.4, 0.5) is 0 Å². The highest BCUT2D eigenvalue weighted by atomic mass is 31.3. The third kappa shape index (κ3) is 10.6. The topological polar surface area (TPSA) is 183 Å². The molecular weight excluding hydrogens is 442 g/mol. The minimum absolute atomic E-state index is 0.320. The highest BCUT2D eigenvalue weighted by Gasteiger charge is 2.41. The monoisotopic (exact) mass is 478 g/mol. The smallest absolute Gasteiger partial charge is 0.396 e. The minimum Gasteiger partial charge on any atom is -0.396 e. The van der Waals surface area contributed by atoms with E-state index in [1.807, 2.05) is 0 Å². The average Bonchev–Trinajstić information content (AvgIpc) is 2.70. The van der Waals surface area contributed by atoms with E-state index in [0.717, 1.165) is 38.5 Å². The molecule has 11 nitrogen and oxygen atoms in total. The van der Waals surface area contributed by atoms with Crippen molar-refractivity contribution in [3.63, 3.8) is 0 Å². The molecule has 0 amide bonds. The van der Waals surface area contributed by atoms with Gasteiger partial charge in [0, 0.05) is 0 Å². The maximum atomic E-state index is 12.6. The van der Waals surface area contributed by atoms with Gasteiger partial charge in [0.25, 0.3) is 0 Å². The maximum Gasteiger partial charge on any atom is 0.484 e. The van der Waals surface area contributed by atoms with Gasteiger partial charge in [0.2, 0.25) is 0 Å². The van der Waals surface area contributed by atoms with Crippen LogP contribution in [0.1, 0.15) is 64.2 Å². The zero-order chi connectivity index (χ0) is 22.7. The van der Waals surface area contributed by atoms with Gasteiger partial charge in [0.05, 0.1) is 44.1 Å². The summed E-state index contributed by atoms with van der Waals surface area (Å²) in [6.45, 7) is -1.62. The molecule has 2 rings (SSSR count). The number of phosphoric acid groups is 2. The summed E-state index contributed by atoms with van der Waals surface area (Å²) in [5.41, 5.74) is -1.11. The van der Waals surface area contributed by atoms with Gasteiger partial charge in [-0.05, 0) is 25.7 Å². The number of hydrogen-bond acceptors (Lipinski definition) is 9. The zero-order valence-corrected chi connectivity index (χ0v) is 19.0. The largest absolute Gasteiger partial charge is 0.484 e. The van der Waals surface area contributed by atoms with Crippen LogP contribution in [-0.2, 0) is 22.5 Å². The van der Waals surface area contributed by atoms with Crippen LogP contribution in [-0.4, -0.2) is 68.8 Å². The molecule has 0 unspecified atom stereocenters. The van der Waals surface area contributed by atoms with E-state index in [0.29, 0.717) is 25.7 Å². The van der Waals surface area contributed by atoms with E-state index in [1.54, 1.807) is 0 Å². The first-order chi connectivity index (χ1) is 14.1. The minimum atomic E-state index is -4.94. The summed E-state index contributed by atoms with van der Waals surface area (Å²) < 4.78 is 38.8. The fourth-order valence-electron chi connectivity index (χ4n) is 3.20. The molecule has 0 spiro atoms. The molecule has 2 saturated carbocycles. The molecule has 0 atom stereocenters. The molecule has 0 heterocycles. The van der Waals surface area contributed by atoms with Crippen LogP contribution < -0.4 is 0 Å². The summed E-state index contributed by atoms with van der Waals surface area (Å²) in [6.07, 6.45) is 8.18. The van der Waals surface area contributed by atoms with Gasteiger partial charge in [-0.25, -0.2) is 9.13 Å². The molecule has 30 heavy (non-hydrogen) atoms. The van der Waals surface area contributed by atoms with E-state index >= 15 is 0 Å². The average molecular weight is 478 g/mol. The van der Waals surface area contributed by atoms with Crippen molar-refractivity contribution in [3.8, 4) is 0 Å². The molecule has 0 saturated heterocycles. The summed E-state index contributed by atoms with van der Waals surface area (Å²) in [7, 11) is -9.18. The number of aliphatic hydroxyl groups is 4. The van der Waals surface area contributed by atoms with Crippen LogP contribution in [0.2, 0.25) is 0 Å². The fourth-order valence-corrected chi connectivity index (χ4v) is 5.75. The summed E-state index contributed by atoms with van der Waals surface area (Å²) >= 11 is 0.